The summed E-state index contributed by atoms with van der Waals surface area (Å²) in [7, 11) is 0. The Hall–Kier alpha value is -1.08. The summed E-state index contributed by atoms with van der Waals surface area (Å²) in [6.07, 6.45) is 7.71. The molecule has 0 aromatic carbocycles. The summed E-state index contributed by atoms with van der Waals surface area (Å²) in [5.74, 6) is 0. The van der Waals surface area contributed by atoms with Gasteiger partial charge in [0.1, 0.15) is 0 Å². The molecule has 0 fully saturated rings. The smallest absolute Gasteiger partial charge is 0.0946 e. The van der Waals surface area contributed by atoms with Crippen molar-refractivity contribution in [2.75, 3.05) is 0 Å². The van der Waals surface area contributed by atoms with Crippen LogP contribution in [0.1, 0.15) is 23.1 Å². The molecule has 1 aliphatic carbocycles. The molecule has 1 unspecified atom stereocenters. The predicted molar refractivity (Wildman–Crippen MR) is 59.4 cm³/mol. The second kappa shape index (κ2) is 3.97. The van der Waals surface area contributed by atoms with Gasteiger partial charge in [-0.25, -0.2) is 0 Å². The van der Waals surface area contributed by atoms with E-state index in [9.17, 15) is 0 Å². The molecule has 1 aromatic heterocycles. The maximum Gasteiger partial charge on any atom is 0.0946 e. The van der Waals surface area contributed by atoms with Crippen LogP contribution in [0.4, 0.5) is 0 Å². The summed E-state index contributed by atoms with van der Waals surface area (Å²) >= 11 is 6.24. The van der Waals surface area contributed by atoms with E-state index in [1.54, 1.807) is 6.20 Å². The van der Waals surface area contributed by atoms with Crippen molar-refractivity contribution in [2.45, 2.75) is 18.2 Å². The van der Waals surface area contributed by atoms with Gasteiger partial charge in [-0.15, -0.1) is 11.6 Å². The van der Waals surface area contributed by atoms with Crippen molar-refractivity contribution in [3.63, 3.8) is 0 Å². The lowest BCUT2D eigenvalue weighted by atomic mass is 10.1. The predicted octanol–water partition coefficient (Wildman–Crippen LogP) is 3.42. The molecule has 0 N–H and O–H groups in total. The first kappa shape index (κ1) is 9.47. The number of aryl methyl sites for hydroxylation is 1. The maximum absolute atomic E-state index is 6.24. The summed E-state index contributed by atoms with van der Waals surface area (Å²) < 4.78 is 0. The van der Waals surface area contributed by atoms with E-state index in [2.05, 4.69) is 17.6 Å². The van der Waals surface area contributed by atoms with Gasteiger partial charge in [0.2, 0.25) is 0 Å². The van der Waals surface area contributed by atoms with Crippen LogP contribution in [0.2, 0.25) is 0 Å². The van der Waals surface area contributed by atoms with E-state index in [0.717, 1.165) is 18.5 Å². The van der Waals surface area contributed by atoms with Gasteiger partial charge in [0, 0.05) is 6.20 Å². The number of nitrogens with zero attached hydrogens (tertiary/aromatic N) is 1. The van der Waals surface area contributed by atoms with E-state index in [4.69, 9.17) is 11.6 Å². The molecule has 0 radical (unpaired) electrons. The van der Waals surface area contributed by atoms with Crippen LogP contribution in [0.5, 0.6) is 0 Å². The number of halogens is 1. The molecule has 1 aliphatic rings. The number of fused-ring (bicyclic) bond motifs is 1. The highest BCUT2D eigenvalue weighted by Gasteiger charge is 2.15. The second-order valence-corrected chi connectivity index (χ2v) is 3.87. The highest BCUT2D eigenvalue weighted by molar-refractivity contribution is 6.22. The molecule has 0 spiro atoms. The van der Waals surface area contributed by atoms with Crippen LogP contribution in [-0.4, -0.2) is 4.98 Å². The van der Waals surface area contributed by atoms with Gasteiger partial charge in [-0.1, -0.05) is 30.4 Å². The minimum Gasteiger partial charge on any atom is -0.259 e. The van der Waals surface area contributed by atoms with Crippen molar-refractivity contribution in [2.24, 2.45) is 0 Å². The Kier molecular flexibility index (Phi) is 2.69. The summed E-state index contributed by atoms with van der Waals surface area (Å²) in [6.45, 7) is 3.78. The molecule has 0 aliphatic heterocycles. The topological polar surface area (TPSA) is 12.9 Å². The van der Waals surface area contributed by atoms with Crippen LogP contribution in [0.25, 0.3) is 0 Å². The first-order valence-electron chi connectivity index (χ1n) is 4.72. The van der Waals surface area contributed by atoms with Gasteiger partial charge in [0.25, 0.3) is 0 Å². The maximum atomic E-state index is 6.24. The van der Waals surface area contributed by atoms with Crippen molar-refractivity contribution >= 4 is 11.6 Å². The molecular formula is C12H12ClN. The Labute approximate surface area is 89.1 Å². The highest BCUT2D eigenvalue weighted by Crippen LogP contribution is 2.30. The van der Waals surface area contributed by atoms with Gasteiger partial charge < -0.3 is 0 Å². The number of alkyl halides is 1. The van der Waals surface area contributed by atoms with Gasteiger partial charge in [-0.2, -0.15) is 0 Å². The minimum absolute atomic E-state index is 0.110. The largest absolute Gasteiger partial charge is 0.259 e. The van der Waals surface area contributed by atoms with Crippen molar-refractivity contribution in [1.29, 1.82) is 0 Å². The fourth-order valence-electron chi connectivity index (χ4n) is 1.71. The van der Waals surface area contributed by atoms with Crippen LogP contribution >= 0.6 is 11.6 Å². The summed E-state index contributed by atoms with van der Waals surface area (Å²) in [5.41, 5.74) is 3.45. The molecule has 2 heteroatoms. The Bertz CT molecular complexity index is 382. The van der Waals surface area contributed by atoms with Crippen molar-refractivity contribution < 1.29 is 0 Å². The number of rotatable bonds is 1. The van der Waals surface area contributed by atoms with Gasteiger partial charge in [-0.3, -0.25) is 4.98 Å². The Morgan fingerprint density at radius 2 is 2.36 bits per heavy atom. The molecular weight excluding hydrogens is 194 g/mol. The standard InChI is InChI=1S/C12H12ClN/c1-2-9-5-6-10-4-3-7-14-12(10)11(13)8-9/h2-4,7-8,11H,1,5-6H2. The fourth-order valence-corrected chi connectivity index (χ4v) is 2.07. The summed E-state index contributed by atoms with van der Waals surface area (Å²) in [5, 5.41) is -0.110. The zero-order chi connectivity index (χ0) is 9.97. The number of hydrogen-bond acceptors (Lipinski definition) is 1. The number of aromatic nitrogens is 1. The Morgan fingerprint density at radius 3 is 3.14 bits per heavy atom. The van der Waals surface area contributed by atoms with Crippen LogP contribution in [0.15, 0.2) is 42.6 Å². The lowest BCUT2D eigenvalue weighted by molar-refractivity contribution is 0.948. The van der Waals surface area contributed by atoms with Crippen molar-refractivity contribution in [3.05, 3.63) is 53.9 Å². The van der Waals surface area contributed by atoms with Crippen LogP contribution in [0, 0.1) is 0 Å². The molecule has 1 nitrogen and oxygen atoms in total. The third-order valence-electron chi connectivity index (χ3n) is 2.49. The zero-order valence-electron chi connectivity index (χ0n) is 7.91. The van der Waals surface area contributed by atoms with E-state index in [-0.39, 0.29) is 5.38 Å². The second-order valence-electron chi connectivity index (χ2n) is 3.40. The van der Waals surface area contributed by atoms with Crippen molar-refractivity contribution in [1.82, 2.24) is 4.98 Å². The van der Waals surface area contributed by atoms with Crippen LogP contribution < -0.4 is 0 Å². The van der Waals surface area contributed by atoms with Gasteiger partial charge >= 0.3 is 0 Å². The number of hydrogen-bond donors (Lipinski definition) is 0. The Morgan fingerprint density at radius 1 is 1.50 bits per heavy atom. The molecule has 1 atom stereocenters. The molecule has 1 heterocycles. The third kappa shape index (κ3) is 1.73. The molecule has 0 amide bonds. The van der Waals surface area contributed by atoms with Crippen LogP contribution in [-0.2, 0) is 6.42 Å². The molecule has 2 rings (SSSR count). The van der Waals surface area contributed by atoms with Gasteiger partial charge in [0.15, 0.2) is 0 Å². The van der Waals surface area contributed by atoms with Crippen molar-refractivity contribution in [3.8, 4) is 0 Å². The minimum atomic E-state index is -0.110. The molecule has 14 heavy (non-hydrogen) atoms. The molecule has 1 aromatic rings. The first-order valence-corrected chi connectivity index (χ1v) is 5.16. The summed E-state index contributed by atoms with van der Waals surface area (Å²) in [6, 6.07) is 4.05. The molecule has 0 bridgehead atoms. The van der Waals surface area contributed by atoms with E-state index < -0.39 is 0 Å². The SMILES string of the molecule is C=CC1=CC(Cl)c2ncccc2CC1. The van der Waals surface area contributed by atoms with E-state index in [1.165, 1.54) is 11.1 Å². The normalized spacial score (nSPS) is 20.6. The van der Waals surface area contributed by atoms with Crippen LogP contribution in [0.3, 0.4) is 0 Å². The summed E-state index contributed by atoms with van der Waals surface area (Å²) in [4.78, 5) is 4.32. The fraction of sp³-hybridized carbons (Fsp3) is 0.250. The lowest BCUT2D eigenvalue weighted by Crippen LogP contribution is -1.95. The quantitative estimate of drug-likeness (QED) is 0.641. The lowest BCUT2D eigenvalue weighted by Gasteiger charge is -2.06. The zero-order valence-corrected chi connectivity index (χ0v) is 8.67. The van der Waals surface area contributed by atoms with Gasteiger partial charge in [0.05, 0.1) is 11.1 Å². The molecule has 0 saturated heterocycles. The van der Waals surface area contributed by atoms with E-state index in [1.807, 2.05) is 18.2 Å². The molecule has 72 valence electrons. The van der Waals surface area contributed by atoms with Gasteiger partial charge in [-0.05, 0) is 24.5 Å². The van der Waals surface area contributed by atoms with E-state index in [0.29, 0.717) is 0 Å². The monoisotopic (exact) mass is 205 g/mol. The first-order chi connectivity index (χ1) is 6.81. The number of allylic oxidation sites excluding steroid dienone is 3. The average molecular weight is 206 g/mol. The van der Waals surface area contributed by atoms with E-state index >= 15 is 0 Å². The highest BCUT2D eigenvalue weighted by atomic mass is 35.5. The molecule has 0 saturated carbocycles. The average Bonchev–Trinajstić information content (AvgIpc) is 2.39. The third-order valence-corrected chi connectivity index (χ3v) is 2.83. The number of pyridine rings is 1. The Balaban J connectivity index is 2.42.